The van der Waals surface area contributed by atoms with Gasteiger partial charge in [-0.25, -0.2) is 0 Å². The molecule has 0 aliphatic heterocycles. The molecule has 32 heavy (non-hydrogen) atoms. The molecule has 0 fully saturated rings. The van der Waals surface area contributed by atoms with Crippen molar-refractivity contribution < 1.29 is 14.5 Å². The number of carbonyl (C=O) groups is 2. The summed E-state index contributed by atoms with van der Waals surface area (Å²) in [5, 5.41) is 13.7. The molecule has 2 aromatic rings. The number of rotatable bonds is 11. The van der Waals surface area contributed by atoms with Crippen LogP contribution in [0.3, 0.4) is 0 Å². The molecule has 9 heteroatoms. The average molecular weight is 522 g/mol. The van der Waals surface area contributed by atoms with Crippen molar-refractivity contribution in [2.45, 2.75) is 39.1 Å². The highest BCUT2D eigenvalue weighted by Gasteiger charge is 2.26. The third-order valence-corrected chi connectivity index (χ3v) is 6.22. The molecule has 2 amide bonds. The second-order valence-corrected chi connectivity index (χ2v) is 9.78. The summed E-state index contributed by atoms with van der Waals surface area (Å²) >= 11 is 4.86. The average Bonchev–Trinajstić information content (AvgIpc) is 2.75. The summed E-state index contributed by atoms with van der Waals surface area (Å²) in [6.45, 7) is 6.66. The topological polar surface area (TPSA) is 92.6 Å². The number of nitrogens with zero attached hydrogens (tertiary/aromatic N) is 2. The smallest absolute Gasteiger partial charge is 0.269 e. The summed E-state index contributed by atoms with van der Waals surface area (Å²) in [7, 11) is 0. The third-order valence-electron chi connectivity index (χ3n) is 4.74. The van der Waals surface area contributed by atoms with Gasteiger partial charge in [-0.05, 0) is 36.1 Å². The van der Waals surface area contributed by atoms with E-state index < -0.39 is 11.0 Å². The Bertz CT molecular complexity index is 937. The summed E-state index contributed by atoms with van der Waals surface area (Å²) in [6, 6.07) is 13.4. The first-order chi connectivity index (χ1) is 15.2. The van der Waals surface area contributed by atoms with Crippen LogP contribution in [0.25, 0.3) is 0 Å². The number of carbonyl (C=O) groups excluding carboxylic acids is 2. The predicted octanol–water partition coefficient (Wildman–Crippen LogP) is 4.78. The van der Waals surface area contributed by atoms with E-state index in [9.17, 15) is 19.7 Å². The molecule has 172 valence electrons. The van der Waals surface area contributed by atoms with E-state index in [-0.39, 0.29) is 23.3 Å². The van der Waals surface area contributed by atoms with Crippen LogP contribution in [0.15, 0.2) is 53.0 Å². The van der Waals surface area contributed by atoms with E-state index in [1.54, 1.807) is 24.0 Å². The van der Waals surface area contributed by atoms with Gasteiger partial charge in [-0.1, -0.05) is 54.0 Å². The lowest BCUT2D eigenvalue weighted by molar-refractivity contribution is -0.384. The minimum absolute atomic E-state index is 0.0382. The highest BCUT2D eigenvalue weighted by Crippen LogP contribution is 2.19. The lowest BCUT2D eigenvalue weighted by atomic mass is 10.1. The van der Waals surface area contributed by atoms with E-state index in [1.165, 1.54) is 23.9 Å². The Morgan fingerprint density at radius 1 is 1.12 bits per heavy atom. The molecule has 0 aliphatic carbocycles. The molecule has 0 aromatic heterocycles. The Labute approximate surface area is 201 Å². The van der Waals surface area contributed by atoms with E-state index in [0.717, 1.165) is 15.6 Å². The molecule has 0 radical (unpaired) electrons. The maximum atomic E-state index is 13.1. The molecule has 1 N–H and O–H groups in total. The molecule has 1 atom stereocenters. The van der Waals surface area contributed by atoms with E-state index in [2.05, 4.69) is 21.2 Å². The highest BCUT2D eigenvalue weighted by molar-refractivity contribution is 9.10. The van der Waals surface area contributed by atoms with Crippen molar-refractivity contribution in [2.24, 2.45) is 5.92 Å². The second kappa shape index (κ2) is 12.6. The largest absolute Gasteiger partial charge is 0.354 e. The fraction of sp³-hybridized carbons (Fsp3) is 0.391. The highest BCUT2D eigenvalue weighted by atomic mass is 79.9. The van der Waals surface area contributed by atoms with Gasteiger partial charge in [0.25, 0.3) is 5.69 Å². The molecule has 2 aromatic carbocycles. The van der Waals surface area contributed by atoms with E-state index in [4.69, 9.17) is 0 Å². The van der Waals surface area contributed by atoms with Gasteiger partial charge in [-0.3, -0.25) is 19.7 Å². The summed E-state index contributed by atoms with van der Waals surface area (Å²) in [6.07, 6.45) is 0. The fourth-order valence-corrected chi connectivity index (χ4v) is 4.24. The molecule has 0 unspecified atom stereocenters. The van der Waals surface area contributed by atoms with E-state index >= 15 is 0 Å². The molecule has 0 heterocycles. The number of nitro benzene ring substituents is 1. The van der Waals surface area contributed by atoms with Crippen molar-refractivity contribution in [1.29, 1.82) is 0 Å². The number of non-ortho nitro benzene ring substituents is 1. The van der Waals surface area contributed by atoms with Crippen molar-refractivity contribution in [1.82, 2.24) is 10.2 Å². The van der Waals surface area contributed by atoms with Crippen LogP contribution in [0.2, 0.25) is 0 Å². The Balaban J connectivity index is 2.04. The van der Waals surface area contributed by atoms with Crippen molar-refractivity contribution in [3.8, 4) is 0 Å². The number of thioether (sulfide) groups is 1. The number of amides is 2. The van der Waals surface area contributed by atoms with Crippen molar-refractivity contribution >= 4 is 45.2 Å². The molecule has 2 rings (SSSR count). The molecular formula is C23H28BrN3O4S. The number of halogens is 1. The first-order valence-electron chi connectivity index (χ1n) is 10.3. The van der Waals surface area contributed by atoms with E-state index in [1.807, 2.05) is 38.1 Å². The zero-order valence-corrected chi connectivity index (χ0v) is 20.8. The monoisotopic (exact) mass is 521 g/mol. The van der Waals surface area contributed by atoms with Crippen LogP contribution in [0.1, 0.15) is 31.9 Å². The van der Waals surface area contributed by atoms with Crippen LogP contribution in [0.4, 0.5) is 5.69 Å². The fourth-order valence-electron chi connectivity index (χ4n) is 2.92. The first kappa shape index (κ1) is 25.9. The zero-order valence-electron chi connectivity index (χ0n) is 18.4. The molecule has 0 saturated heterocycles. The van der Waals surface area contributed by atoms with Gasteiger partial charge in [-0.15, -0.1) is 11.8 Å². The SMILES string of the molecule is CC(C)CNC(=O)[C@@H](C)N(Cc1cccc(Br)c1)C(=O)CSCc1ccc([N+](=O)[O-])cc1. The van der Waals surface area contributed by atoms with Gasteiger partial charge in [-0.2, -0.15) is 0 Å². The molecule has 0 aliphatic rings. The van der Waals surface area contributed by atoms with Crippen molar-refractivity contribution in [3.63, 3.8) is 0 Å². The summed E-state index contributed by atoms with van der Waals surface area (Å²) in [4.78, 5) is 37.7. The first-order valence-corrected chi connectivity index (χ1v) is 12.2. The number of benzene rings is 2. The van der Waals surface area contributed by atoms with Gasteiger partial charge in [0.1, 0.15) is 6.04 Å². The quantitative estimate of drug-likeness (QED) is 0.339. The minimum atomic E-state index is -0.611. The van der Waals surface area contributed by atoms with Crippen LogP contribution < -0.4 is 5.32 Å². The molecular weight excluding hydrogens is 494 g/mol. The summed E-state index contributed by atoms with van der Waals surface area (Å²) < 4.78 is 0.909. The van der Waals surface area contributed by atoms with Crippen LogP contribution >= 0.6 is 27.7 Å². The Kier molecular flexibility index (Phi) is 10.2. The Morgan fingerprint density at radius 3 is 2.41 bits per heavy atom. The third kappa shape index (κ3) is 8.27. The molecule has 0 bridgehead atoms. The number of nitrogens with one attached hydrogen (secondary N) is 1. The van der Waals surface area contributed by atoms with Crippen LogP contribution in [-0.2, 0) is 21.9 Å². The zero-order chi connectivity index (χ0) is 23.7. The minimum Gasteiger partial charge on any atom is -0.354 e. The summed E-state index contributed by atoms with van der Waals surface area (Å²) in [5.74, 6) is 0.749. The van der Waals surface area contributed by atoms with Gasteiger partial charge in [0.2, 0.25) is 11.8 Å². The molecule has 7 nitrogen and oxygen atoms in total. The maximum absolute atomic E-state index is 13.1. The molecule has 0 spiro atoms. The van der Waals surface area contributed by atoms with Crippen molar-refractivity contribution in [3.05, 3.63) is 74.2 Å². The normalized spacial score (nSPS) is 11.8. The lowest BCUT2D eigenvalue weighted by Gasteiger charge is -2.29. The number of hydrogen-bond donors (Lipinski definition) is 1. The van der Waals surface area contributed by atoms with Crippen LogP contribution in [0, 0.1) is 16.0 Å². The summed E-state index contributed by atoms with van der Waals surface area (Å²) in [5.41, 5.74) is 1.86. The van der Waals surface area contributed by atoms with Gasteiger partial charge < -0.3 is 10.2 Å². The maximum Gasteiger partial charge on any atom is 0.269 e. The van der Waals surface area contributed by atoms with Gasteiger partial charge >= 0.3 is 0 Å². The standard InChI is InChI=1S/C23H28BrN3O4S/c1-16(2)12-25-23(29)17(3)26(13-19-5-4-6-20(24)11-19)22(28)15-32-14-18-7-9-21(10-8-18)27(30)31/h4-11,16-17H,12-15H2,1-3H3,(H,25,29)/t17-/m1/s1. The second-order valence-electron chi connectivity index (χ2n) is 7.88. The predicted molar refractivity (Wildman–Crippen MR) is 131 cm³/mol. The Hall–Kier alpha value is -2.39. The van der Waals surface area contributed by atoms with Gasteiger partial charge in [0.05, 0.1) is 10.7 Å². The number of nitro groups is 1. The van der Waals surface area contributed by atoms with Gasteiger partial charge in [0.15, 0.2) is 0 Å². The van der Waals surface area contributed by atoms with Crippen LogP contribution in [-0.4, -0.2) is 40.0 Å². The number of hydrogen-bond acceptors (Lipinski definition) is 5. The van der Waals surface area contributed by atoms with Crippen LogP contribution in [0.5, 0.6) is 0 Å². The van der Waals surface area contributed by atoms with Crippen molar-refractivity contribution in [2.75, 3.05) is 12.3 Å². The van der Waals surface area contributed by atoms with Gasteiger partial charge in [0, 0.05) is 35.4 Å². The Morgan fingerprint density at radius 2 is 1.81 bits per heavy atom. The van der Waals surface area contributed by atoms with E-state index in [0.29, 0.717) is 24.8 Å². The lowest BCUT2D eigenvalue weighted by Crippen LogP contribution is -2.48. The molecule has 0 saturated carbocycles.